The van der Waals surface area contributed by atoms with Gasteiger partial charge in [0.05, 0.1) is 5.69 Å². The number of anilines is 2. The van der Waals surface area contributed by atoms with Crippen LogP contribution in [0.5, 0.6) is 0 Å². The van der Waals surface area contributed by atoms with Crippen LogP contribution in [-0.4, -0.2) is 23.3 Å². The van der Waals surface area contributed by atoms with E-state index in [9.17, 15) is 14.9 Å². The number of nitrogens with zero attached hydrogens (tertiary/aromatic N) is 3. The standard InChI is InChI=1S/C18H18N4O2S/c1-4-22(13(3)23)18-21-16(11-25-18)9-14(10-19)17(24)20-15-7-5-12(2)6-8-15/h5-9,11H,4H2,1-3H3,(H,20,24)/b14-9+. The molecule has 1 heterocycles. The molecule has 0 fully saturated rings. The highest BCUT2D eigenvalue weighted by Gasteiger charge is 2.14. The third-order valence-corrected chi connectivity index (χ3v) is 4.29. The van der Waals surface area contributed by atoms with Crippen LogP contribution in [0.1, 0.15) is 25.1 Å². The summed E-state index contributed by atoms with van der Waals surface area (Å²) in [6.45, 7) is 5.78. The van der Waals surface area contributed by atoms with Crippen LogP contribution in [0.15, 0.2) is 35.2 Å². The van der Waals surface area contributed by atoms with Crippen LogP contribution in [0.2, 0.25) is 0 Å². The second-order valence-electron chi connectivity index (χ2n) is 5.31. The topological polar surface area (TPSA) is 86.1 Å². The molecule has 0 unspecified atom stereocenters. The van der Waals surface area contributed by atoms with Gasteiger partial charge in [0.25, 0.3) is 5.91 Å². The molecule has 0 aliphatic heterocycles. The van der Waals surface area contributed by atoms with E-state index in [4.69, 9.17) is 0 Å². The number of thiazole rings is 1. The van der Waals surface area contributed by atoms with E-state index in [2.05, 4.69) is 10.3 Å². The Morgan fingerprint density at radius 3 is 2.60 bits per heavy atom. The van der Waals surface area contributed by atoms with Gasteiger partial charge in [-0.1, -0.05) is 17.7 Å². The Kier molecular flexibility index (Phi) is 6.03. The van der Waals surface area contributed by atoms with E-state index in [-0.39, 0.29) is 11.5 Å². The Bertz CT molecular complexity index is 847. The number of nitriles is 1. The molecule has 1 aromatic heterocycles. The molecule has 0 radical (unpaired) electrons. The molecule has 0 atom stereocenters. The maximum Gasteiger partial charge on any atom is 0.266 e. The first-order chi connectivity index (χ1) is 11.9. The summed E-state index contributed by atoms with van der Waals surface area (Å²) in [5.74, 6) is -0.607. The summed E-state index contributed by atoms with van der Waals surface area (Å²) >= 11 is 1.29. The molecule has 1 aromatic carbocycles. The van der Waals surface area contributed by atoms with Crippen LogP contribution in [-0.2, 0) is 9.59 Å². The number of carbonyl (C=O) groups excluding carboxylic acids is 2. The summed E-state index contributed by atoms with van der Waals surface area (Å²) in [4.78, 5) is 29.6. The van der Waals surface area contributed by atoms with Gasteiger partial charge in [0.2, 0.25) is 5.91 Å². The molecule has 1 N–H and O–H groups in total. The van der Waals surface area contributed by atoms with Crippen LogP contribution >= 0.6 is 11.3 Å². The van der Waals surface area contributed by atoms with Crippen molar-refractivity contribution in [2.75, 3.05) is 16.8 Å². The van der Waals surface area contributed by atoms with Crippen LogP contribution in [0.4, 0.5) is 10.8 Å². The fraction of sp³-hybridized carbons (Fsp3) is 0.222. The highest BCUT2D eigenvalue weighted by atomic mass is 32.1. The van der Waals surface area contributed by atoms with Crippen molar-refractivity contribution in [2.45, 2.75) is 20.8 Å². The van der Waals surface area contributed by atoms with Gasteiger partial charge in [-0.15, -0.1) is 11.3 Å². The van der Waals surface area contributed by atoms with Crippen molar-refractivity contribution in [3.63, 3.8) is 0 Å². The maximum absolute atomic E-state index is 12.2. The quantitative estimate of drug-likeness (QED) is 0.659. The minimum Gasteiger partial charge on any atom is -0.321 e. The van der Waals surface area contributed by atoms with E-state index in [1.807, 2.05) is 32.0 Å². The van der Waals surface area contributed by atoms with Crippen LogP contribution in [0.3, 0.4) is 0 Å². The molecule has 2 aromatic rings. The Labute approximate surface area is 150 Å². The molecule has 0 bridgehead atoms. The largest absolute Gasteiger partial charge is 0.321 e. The van der Waals surface area contributed by atoms with Gasteiger partial charge in [0, 0.05) is 24.5 Å². The molecule has 2 rings (SSSR count). The van der Waals surface area contributed by atoms with Gasteiger partial charge in [0.1, 0.15) is 11.6 Å². The highest BCUT2D eigenvalue weighted by Crippen LogP contribution is 2.22. The number of amides is 2. The molecule has 0 saturated heterocycles. The molecule has 0 saturated carbocycles. The summed E-state index contributed by atoms with van der Waals surface area (Å²) in [5.41, 5.74) is 2.11. The number of hydrogen-bond donors (Lipinski definition) is 1. The van der Waals surface area contributed by atoms with Crippen molar-refractivity contribution < 1.29 is 9.59 Å². The molecular weight excluding hydrogens is 336 g/mol. The van der Waals surface area contributed by atoms with Gasteiger partial charge in [-0.3, -0.25) is 14.5 Å². The lowest BCUT2D eigenvalue weighted by atomic mass is 10.2. The summed E-state index contributed by atoms with van der Waals surface area (Å²) in [6.07, 6.45) is 1.41. The predicted octanol–water partition coefficient (Wildman–Crippen LogP) is 3.37. The summed E-state index contributed by atoms with van der Waals surface area (Å²) < 4.78 is 0. The number of benzene rings is 1. The fourth-order valence-electron chi connectivity index (χ4n) is 2.09. The molecule has 128 valence electrons. The molecule has 7 heteroatoms. The van der Waals surface area contributed by atoms with Crippen molar-refractivity contribution in [1.82, 2.24) is 4.98 Å². The lowest BCUT2D eigenvalue weighted by Crippen LogP contribution is -2.27. The minimum atomic E-state index is -0.500. The van der Waals surface area contributed by atoms with Gasteiger partial charge in [0.15, 0.2) is 5.13 Å². The number of aromatic nitrogens is 1. The van der Waals surface area contributed by atoms with Crippen molar-refractivity contribution in [1.29, 1.82) is 5.26 Å². The lowest BCUT2D eigenvalue weighted by molar-refractivity contribution is -0.116. The molecule has 2 amide bonds. The normalized spacial score (nSPS) is 10.9. The third kappa shape index (κ3) is 4.75. The second-order valence-corrected chi connectivity index (χ2v) is 6.14. The SMILES string of the molecule is CCN(C(C)=O)c1nc(/C=C(\C#N)C(=O)Nc2ccc(C)cc2)cs1. The Hall–Kier alpha value is -2.98. The Morgan fingerprint density at radius 2 is 2.04 bits per heavy atom. The first kappa shape index (κ1) is 18.4. The van der Waals surface area contributed by atoms with Gasteiger partial charge < -0.3 is 5.32 Å². The molecule has 0 aliphatic rings. The van der Waals surface area contributed by atoms with Crippen LogP contribution in [0.25, 0.3) is 6.08 Å². The average molecular weight is 354 g/mol. The van der Waals surface area contributed by atoms with E-state index in [0.29, 0.717) is 23.1 Å². The number of hydrogen-bond acceptors (Lipinski definition) is 5. The zero-order chi connectivity index (χ0) is 18.4. The number of nitrogens with one attached hydrogen (secondary N) is 1. The molecule has 25 heavy (non-hydrogen) atoms. The predicted molar refractivity (Wildman–Crippen MR) is 99.2 cm³/mol. The first-order valence-corrected chi connectivity index (χ1v) is 8.56. The van der Waals surface area contributed by atoms with Gasteiger partial charge >= 0.3 is 0 Å². The van der Waals surface area contributed by atoms with E-state index in [1.165, 1.54) is 29.2 Å². The first-order valence-electron chi connectivity index (χ1n) is 7.68. The molecule has 6 nitrogen and oxygen atoms in total. The molecule has 0 spiro atoms. The maximum atomic E-state index is 12.2. The van der Waals surface area contributed by atoms with Gasteiger partial charge in [-0.25, -0.2) is 4.98 Å². The fourth-order valence-corrected chi connectivity index (χ4v) is 2.98. The van der Waals surface area contributed by atoms with E-state index >= 15 is 0 Å². The van der Waals surface area contributed by atoms with Gasteiger partial charge in [-0.2, -0.15) is 5.26 Å². The van der Waals surface area contributed by atoms with E-state index in [0.717, 1.165) is 5.56 Å². The minimum absolute atomic E-state index is 0.0525. The van der Waals surface area contributed by atoms with Crippen molar-refractivity contribution >= 4 is 40.0 Å². The highest BCUT2D eigenvalue weighted by molar-refractivity contribution is 7.14. The van der Waals surface area contributed by atoms with E-state index in [1.54, 1.807) is 17.5 Å². The number of rotatable bonds is 5. The van der Waals surface area contributed by atoms with Crippen molar-refractivity contribution in [2.24, 2.45) is 0 Å². The van der Waals surface area contributed by atoms with E-state index < -0.39 is 5.91 Å². The van der Waals surface area contributed by atoms with Crippen LogP contribution in [0, 0.1) is 18.3 Å². The number of carbonyl (C=O) groups is 2. The molecular formula is C18H18N4O2S. The third-order valence-electron chi connectivity index (χ3n) is 3.40. The Morgan fingerprint density at radius 1 is 1.36 bits per heavy atom. The van der Waals surface area contributed by atoms with Gasteiger partial charge in [-0.05, 0) is 32.1 Å². The lowest BCUT2D eigenvalue weighted by Gasteiger charge is -2.14. The summed E-state index contributed by atoms with van der Waals surface area (Å²) in [6, 6.07) is 9.18. The van der Waals surface area contributed by atoms with Crippen LogP contribution < -0.4 is 10.2 Å². The molecule has 0 aliphatic carbocycles. The van der Waals surface area contributed by atoms with Crippen molar-refractivity contribution in [3.05, 3.63) is 46.5 Å². The number of aryl methyl sites for hydroxylation is 1. The second kappa shape index (κ2) is 8.22. The zero-order valence-electron chi connectivity index (χ0n) is 14.2. The van der Waals surface area contributed by atoms with Crippen molar-refractivity contribution in [3.8, 4) is 6.07 Å². The zero-order valence-corrected chi connectivity index (χ0v) is 15.1. The smallest absolute Gasteiger partial charge is 0.266 e. The monoisotopic (exact) mass is 354 g/mol. The summed E-state index contributed by atoms with van der Waals surface area (Å²) in [5, 5.41) is 14.2. The Balaban J connectivity index is 2.18. The average Bonchev–Trinajstić information content (AvgIpc) is 3.03. The summed E-state index contributed by atoms with van der Waals surface area (Å²) in [7, 11) is 0.